The Morgan fingerprint density at radius 2 is 0.480 bits per heavy atom. The van der Waals surface area contributed by atoms with Crippen molar-refractivity contribution < 1.29 is 9.47 Å². The first-order chi connectivity index (χ1) is 50.5. The lowest BCUT2D eigenvalue weighted by atomic mass is 9.66. The molecule has 0 amide bonds. The average molecular weight is 1300 g/mol. The molecule has 4 heterocycles. The molecule has 14 aromatic carbocycles. The van der Waals surface area contributed by atoms with Crippen molar-refractivity contribution >= 4 is 0 Å². The van der Waals surface area contributed by atoms with Crippen LogP contribution in [0.4, 0.5) is 0 Å². The summed E-state index contributed by atoms with van der Waals surface area (Å²) in [6.07, 6.45) is 0. The third kappa shape index (κ3) is 9.03. The minimum atomic E-state index is -0.678. The highest BCUT2D eigenvalue weighted by molar-refractivity contribution is 5.93. The third-order valence-corrected chi connectivity index (χ3v) is 20.8. The lowest BCUT2D eigenvalue weighted by Crippen LogP contribution is -2.32. The number of fused-ring (bicyclic) bond motifs is 18. The number of aromatic nitrogens is 6. The van der Waals surface area contributed by atoms with Crippen molar-refractivity contribution in [1.82, 2.24) is 29.9 Å². The zero-order chi connectivity index (χ0) is 67.5. The van der Waals surface area contributed by atoms with Crippen molar-refractivity contribution in [3.63, 3.8) is 0 Å². The molecule has 0 N–H and O–H groups in total. The summed E-state index contributed by atoms with van der Waals surface area (Å²) >= 11 is 0. The molecule has 2 aliphatic carbocycles. The maximum Gasteiger partial charge on any atom is 0.164 e. The summed E-state index contributed by atoms with van der Waals surface area (Å²) in [6, 6.07) is 118. The average Bonchev–Trinajstić information content (AvgIpc) is 1.49. The minimum Gasteiger partial charge on any atom is -0.457 e. The van der Waals surface area contributed by atoms with Gasteiger partial charge in [-0.25, -0.2) is 29.9 Å². The van der Waals surface area contributed by atoms with Gasteiger partial charge in [-0.2, -0.15) is 5.26 Å². The zero-order valence-corrected chi connectivity index (χ0v) is 54.7. The standard InChI is InChI=1S/C93H55N7O2/c94-56-57-34-36-62(37-35-57)68-20-4-5-23-73(68)91-99-88(98-90(100-91)67-51-53-72-70-22-7-9-25-75(70)93(81(72)55-67)78-28-12-16-32-84(78)102-85-33-17-13-29-79(85)93)65-48-44-61(45-49-65)59-40-38-58(39-41-59)60-42-46-64(47-43-60)87-95-86(63-18-2-1-3-19-63)96-89(97-87)66-50-52-71-69-21-6-8-24-74(69)92(80(71)54-66)76-26-10-14-30-82(76)101-83-31-15-11-27-77(83)92/h1-55H. The highest BCUT2D eigenvalue weighted by Crippen LogP contribution is 2.64. The van der Waals surface area contributed by atoms with E-state index in [2.05, 4.69) is 249 Å². The van der Waals surface area contributed by atoms with Crippen LogP contribution in [0.25, 0.3) is 124 Å². The van der Waals surface area contributed by atoms with Gasteiger partial charge < -0.3 is 9.47 Å². The second-order valence-electron chi connectivity index (χ2n) is 26.2. The van der Waals surface area contributed by atoms with Crippen molar-refractivity contribution in [2.45, 2.75) is 10.8 Å². The Balaban J connectivity index is 0.636. The summed E-state index contributed by atoms with van der Waals surface area (Å²) in [5.74, 6) is 6.71. The molecule has 9 heteroatoms. The van der Waals surface area contributed by atoms with Gasteiger partial charge in [0.15, 0.2) is 34.9 Å². The van der Waals surface area contributed by atoms with Crippen molar-refractivity contribution in [2.24, 2.45) is 0 Å². The predicted octanol–water partition coefficient (Wildman–Crippen LogP) is 21.9. The molecule has 16 aromatic rings. The van der Waals surface area contributed by atoms with Crippen LogP contribution in [0.2, 0.25) is 0 Å². The van der Waals surface area contributed by atoms with Crippen molar-refractivity contribution in [3.05, 3.63) is 384 Å². The van der Waals surface area contributed by atoms with Crippen LogP contribution < -0.4 is 9.47 Å². The number of ether oxygens (including phenoxy) is 2. The number of benzene rings is 14. The van der Waals surface area contributed by atoms with Crippen LogP contribution in [0.3, 0.4) is 0 Å². The first kappa shape index (κ1) is 58.4. The third-order valence-electron chi connectivity index (χ3n) is 20.8. The van der Waals surface area contributed by atoms with E-state index in [1.807, 2.05) is 91.0 Å². The molecule has 2 aliphatic heterocycles. The Bertz CT molecular complexity index is 6050. The lowest BCUT2D eigenvalue weighted by Gasteiger charge is -2.39. The second kappa shape index (κ2) is 23.2. The van der Waals surface area contributed by atoms with Gasteiger partial charge in [0.1, 0.15) is 23.0 Å². The van der Waals surface area contributed by atoms with E-state index < -0.39 is 10.8 Å². The van der Waals surface area contributed by atoms with Crippen molar-refractivity contribution in [3.8, 4) is 153 Å². The van der Waals surface area contributed by atoms with Crippen molar-refractivity contribution in [1.29, 1.82) is 5.26 Å². The topological polar surface area (TPSA) is 120 Å². The molecular weight excluding hydrogens is 1250 g/mol. The van der Waals surface area contributed by atoms with E-state index in [1.54, 1.807) is 0 Å². The number of hydrogen-bond donors (Lipinski definition) is 0. The molecule has 9 nitrogen and oxygen atoms in total. The number of nitriles is 1. The first-order valence-corrected chi connectivity index (χ1v) is 34.2. The van der Waals surface area contributed by atoms with Crippen LogP contribution in [-0.2, 0) is 10.8 Å². The molecule has 2 spiro atoms. The normalized spacial score (nSPS) is 13.2. The van der Waals surface area contributed by atoms with Gasteiger partial charge in [-0.15, -0.1) is 0 Å². The quantitative estimate of drug-likeness (QED) is 0.139. The SMILES string of the molecule is N#Cc1ccc(-c2ccccc2-c2nc(-c3ccc(-c4ccc(-c5ccc(-c6nc(-c7ccccc7)nc(-c7ccc8c(c7)C7(c9ccccc9Oc9ccccc97)c7ccccc7-8)n6)cc5)cc4)cc3)nc(-c3ccc4c(c3)C3(c5ccccc5Oc5ccccc53)c3ccccc3-4)n2)cc1. The Hall–Kier alpha value is -13.8. The molecule has 4 aliphatic rings. The molecule has 0 radical (unpaired) electrons. The van der Waals surface area contributed by atoms with E-state index >= 15 is 0 Å². The van der Waals surface area contributed by atoms with Crippen LogP contribution in [-0.4, -0.2) is 29.9 Å². The highest BCUT2D eigenvalue weighted by atomic mass is 16.5. The van der Waals surface area contributed by atoms with E-state index in [1.165, 1.54) is 27.8 Å². The van der Waals surface area contributed by atoms with E-state index in [-0.39, 0.29) is 0 Å². The Labute approximate surface area is 588 Å². The van der Waals surface area contributed by atoms with E-state index in [0.29, 0.717) is 40.5 Å². The molecule has 20 rings (SSSR count). The fourth-order valence-electron chi connectivity index (χ4n) is 16.2. The summed E-state index contributed by atoms with van der Waals surface area (Å²) in [7, 11) is 0. The molecule has 474 valence electrons. The van der Waals surface area contributed by atoms with E-state index in [0.717, 1.165) is 129 Å². The molecule has 102 heavy (non-hydrogen) atoms. The maximum atomic E-state index is 9.72. The van der Waals surface area contributed by atoms with Gasteiger partial charge in [-0.05, 0) is 126 Å². The minimum absolute atomic E-state index is 0.530. The monoisotopic (exact) mass is 1300 g/mol. The van der Waals surface area contributed by atoms with Crippen LogP contribution in [0.5, 0.6) is 23.0 Å². The van der Waals surface area contributed by atoms with Crippen LogP contribution >= 0.6 is 0 Å². The van der Waals surface area contributed by atoms with Crippen LogP contribution in [0.1, 0.15) is 50.1 Å². The van der Waals surface area contributed by atoms with Gasteiger partial charge in [0.25, 0.3) is 0 Å². The number of para-hydroxylation sites is 4. The zero-order valence-electron chi connectivity index (χ0n) is 54.7. The molecule has 0 bridgehead atoms. The summed E-state index contributed by atoms with van der Waals surface area (Å²) in [5.41, 5.74) is 24.4. The first-order valence-electron chi connectivity index (χ1n) is 34.2. The Kier molecular flexibility index (Phi) is 13.3. The molecule has 0 saturated heterocycles. The predicted molar refractivity (Wildman–Crippen MR) is 402 cm³/mol. The van der Waals surface area contributed by atoms with Gasteiger partial charge in [0, 0.05) is 55.6 Å². The van der Waals surface area contributed by atoms with Gasteiger partial charge >= 0.3 is 0 Å². The number of rotatable bonds is 9. The van der Waals surface area contributed by atoms with E-state index in [4.69, 9.17) is 39.4 Å². The fraction of sp³-hybridized carbons (Fsp3) is 0.0215. The van der Waals surface area contributed by atoms with Crippen LogP contribution in [0.15, 0.2) is 334 Å². The van der Waals surface area contributed by atoms with E-state index in [9.17, 15) is 5.26 Å². The molecular formula is C93H55N7O2. The largest absolute Gasteiger partial charge is 0.457 e. The van der Waals surface area contributed by atoms with Gasteiger partial charge in [-0.3, -0.25) is 0 Å². The summed E-state index contributed by atoms with van der Waals surface area (Å²) in [4.78, 5) is 31.8. The van der Waals surface area contributed by atoms with Crippen molar-refractivity contribution in [2.75, 3.05) is 0 Å². The lowest BCUT2D eigenvalue weighted by molar-refractivity contribution is 0.436. The molecule has 0 saturated carbocycles. The summed E-state index contributed by atoms with van der Waals surface area (Å²) in [5, 5.41) is 9.72. The second-order valence-corrected chi connectivity index (χ2v) is 26.2. The number of hydrogen-bond acceptors (Lipinski definition) is 9. The molecule has 2 aromatic heterocycles. The Morgan fingerprint density at radius 1 is 0.206 bits per heavy atom. The Morgan fingerprint density at radius 3 is 0.873 bits per heavy atom. The van der Waals surface area contributed by atoms with Gasteiger partial charge in [-0.1, -0.05) is 285 Å². The smallest absolute Gasteiger partial charge is 0.164 e. The maximum absolute atomic E-state index is 9.72. The van der Waals surface area contributed by atoms with Gasteiger partial charge in [0.2, 0.25) is 0 Å². The van der Waals surface area contributed by atoms with Gasteiger partial charge in [0.05, 0.1) is 22.5 Å². The molecule has 0 unspecified atom stereocenters. The summed E-state index contributed by atoms with van der Waals surface area (Å²) in [6.45, 7) is 0. The number of nitrogens with zero attached hydrogens (tertiary/aromatic N) is 7. The van der Waals surface area contributed by atoms with Crippen LogP contribution in [0, 0.1) is 11.3 Å². The molecule has 0 atom stereocenters. The fourth-order valence-corrected chi connectivity index (χ4v) is 16.2. The summed E-state index contributed by atoms with van der Waals surface area (Å²) < 4.78 is 13.3. The molecule has 0 fully saturated rings. The highest BCUT2D eigenvalue weighted by Gasteiger charge is 2.53.